The number of nitrogens with one attached hydrogen (secondary N) is 1. The van der Waals surface area contributed by atoms with Crippen LogP contribution in [0.5, 0.6) is 0 Å². The highest BCUT2D eigenvalue weighted by molar-refractivity contribution is 8.00. The summed E-state index contributed by atoms with van der Waals surface area (Å²) in [5.41, 5.74) is 1.71. The molecule has 2 atom stereocenters. The van der Waals surface area contributed by atoms with E-state index in [1.165, 1.54) is 23.4 Å². The minimum absolute atomic E-state index is 0.0247. The number of rotatable bonds is 9. The quantitative estimate of drug-likeness (QED) is 0.476. The number of hydrogen-bond acceptors (Lipinski definition) is 4. The standard InChI is InChI=1S/C24H27FN4OS/c1-16(12-13-18-8-4-3-5-9-18)26-23(30)17(2)31-24-28-27-22(29(24)19-14-15-19)20-10-6-7-11-21(20)25/h3-11,16-17,19H,12-15H2,1-2H3,(H,26,30). The average Bonchev–Trinajstić information content (AvgIpc) is 3.53. The summed E-state index contributed by atoms with van der Waals surface area (Å²) in [5, 5.41) is 12.0. The summed E-state index contributed by atoms with van der Waals surface area (Å²) in [6.07, 6.45) is 3.84. The van der Waals surface area contributed by atoms with Crippen LogP contribution in [0.2, 0.25) is 0 Å². The molecule has 1 aliphatic carbocycles. The van der Waals surface area contributed by atoms with E-state index < -0.39 is 0 Å². The Balaban J connectivity index is 1.39. The normalized spacial score (nSPS) is 15.5. The van der Waals surface area contributed by atoms with Crippen molar-refractivity contribution in [2.75, 3.05) is 0 Å². The van der Waals surface area contributed by atoms with Crippen LogP contribution in [-0.2, 0) is 11.2 Å². The molecule has 2 aromatic carbocycles. The van der Waals surface area contributed by atoms with Gasteiger partial charge in [0.25, 0.3) is 0 Å². The molecule has 0 bridgehead atoms. The van der Waals surface area contributed by atoms with Crippen LogP contribution in [0.3, 0.4) is 0 Å². The summed E-state index contributed by atoms with van der Waals surface area (Å²) in [7, 11) is 0. The molecule has 0 spiro atoms. The molecular weight excluding hydrogens is 411 g/mol. The number of aromatic nitrogens is 3. The van der Waals surface area contributed by atoms with E-state index in [2.05, 4.69) is 27.6 Å². The van der Waals surface area contributed by atoms with Crippen molar-refractivity contribution in [3.8, 4) is 11.4 Å². The summed E-state index contributed by atoms with van der Waals surface area (Å²) < 4.78 is 16.3. The van der Waals surface area contributed by atoms with E-state index in [1.54, 1.807) is 18.2 Å². The van der Waals surface area contributed by atoms with Gasteiger partial charge in [0.2, 0.25) is 5.91 Å². The highest BCUT2D eigenvalue weighted by Gasteiger charge is 2.32. The zero-order chi connectivity index (χ0) is 21.8. The van der Waals surface area contributed by atoms with Crippen molar-refractivity contribution in [3.63, 3.8) is 0 Å². The first-order valence-corrected chi connectivity index (χ1v) is 11.6. The Morgan fingerprint density at radius 3 is 2.55 bits per heavy atom. The molecule has 5 nitrogen and oxygen atoms in total. The third-order valence-corrected chi connectivity index (χ3v) is 6.50. The van der Waals surface area contributed by atoms with Crippen molar-refractivity contribution in [3.05, 3.63) is 66.0 Å². The summed E-state index contributed by atoms with van der Waals surface area (Å²) >= 11 is 1.38. The Labute approximate surface area is 186 Å². The van der Waals surface area contributed by atoms with Crippen molar-refractivity contribution in [1.82, 2.24) is 20.1 Å². The van der Waals surface area contributed by atoms with Crippen LogP contribution in [0.25, 0.3) is 11.4 Å². The van der Waals surface area contributed by atoms with E-state index >= 15 is 0 Å². The number of thioether (sulfide) groups is 1. The van der Waals surface area contributed by atoms with E-state index in [-0.39, 0.29) is 29.1 Å². The summed E-state index contributed by atoms with van der Waals surface area (Å²) in [5.74, 6) is 0.196. The zero-order valence-electron chi connectivity index (χ0n) is 17.8. The molecule has 2 unspecified atom stereocenters. The van der Waals surface area contributed by atoms with E-state index in [1.807, 2.05) is 36.6 Å². The molecule has 7 heteroatoms. The Kier molecular flexibility index (Phi) is 6.70. The summed E-state index contributed by atoms with van der Waals surface area (Å²) in [6.45, 7) is 3.90. The van der Waals surface area contributed by atoms with Gasteiger partial charge in [0, 0.05) is 12.1 Å². The van der Waals surface area contributed by atoms with Gasteiger partial charge in [0.05, 0.1) is 10.8 Å². The average molecular weight is 439 g/mol. The third-order valence-electron chi connectivity index (χ3n) is 5.44. The zero-order valence-corrected chi connectivity index (χ0v) is 18.6. The molecule has 1 aliphatic rings. The molecule has 0 aliphatic heterocycles. The predicted octanol–water partition coefficient (Wildman–Crippen LogP) is 5.04. The molecule has 0 radical (unpaired) electrons. The molecule has 4 rings (SSSR count). The van der Waals surface area contributed by atoms with E-state index in [4.69, 9.17) is 0 Å². The lowest BCUT2D eigenvalue weighted by molar-refractivity contribution is -0.120. The molecule has 0 saturated heterocycles. The van der Waals surface area contributed by atoms with Crippen LogP contribution >= 0.6 is 11.8 Å². The maximum absolute atomic E-state index is 14.3. The fourth-order valence-electron chi connectivity index (χ4n) is 3.52. The number of nitrogens with zero attached hydrogens (tertiary/aromatic N) is 3. The second-order valence-corrected chi connectivity index (χ2v) is 9.39. The van der Waals surface area contributed by atoms with Crippen LogP contribution in [0, 0.1) is 5.82 Å². The smallest absolute Gasteiger partial charge is 0.233 e. The third kappa shape index (κ3) is 5.34. The minimum Gasteiger partial charge on any atom is -0.353 e. The number of amides is 1. The second kappa shape index (κ2) is 9.64. The first-order chi connectivity index (χ1) is 15.0. The molecule has 1 N–H and O–H groups in total. The van der Waals surface area contributed by atoms with Crippen LogP contribution < -0.4 is 5.32 Å². The monoisotopic (exact) mass is 438 g/mol. The Morgan fingerprint density at radius 1 is 1.13 bits per heavy atom. The van der Waals surface area contributed by atoms with E-state index in [0.717, 1.165) is 25.7 Å². The lowest BCUT2D eigenvalue weighted by atomic mass is 10.1. The molecule has 162 valence electrons. The van der Waals surface area contributed by atoms with Crippen LogP contribution in [0.1, 0.15) is 44.7 Å². The van der Waals surface area contributed by atoms with Crippen molar-refractivity contribution >= 4 is 17.7 Å². The second-order valence-electron chi connectivity index (χ2n) is 8.08. The van der Waals surface area contributed by atoms with Crippen molar-refractivity contribution in [2.45, 2.75) is 62.0 Å². The molecule has 1 heterocycles. The van der Waals surface area contributed by atoms with Gasteiger partial charge in [-0.1, -0.05) is 54.2 Å². The van der Waals surface area contributed by atoms with Gasteiger partial charge in [-0.15, -0.1) is 10.2 Å². The van der Waals surface area contributed by atoms with Gasteiger partial charge in [-0.05, 0) is 57.2 Å². The molecule has 1 saturated carbocycles. The molecule has 31 heavy (non-hydrogen) atoms. The van der Waals surface area contributed by atoms with Crippen LogP contribution in [-0.4, -0.2) is 32.0 Å². The first-order valence-electron chi connectivity index (χ1n) is 10.7. The number of hydrogen-bond donors (Lipinski definition) is 1. The van der Waals surface area contributed by atoms with Gasteiger partial charge < -0.3 is 5.32 Å². The summed E-state index contributed by atoms with van der Waals surface area (Å²) in [4.78, 5) is 12.7. The highest BCUT2D eigenvalue weighted by atomic mass is 32.2. The number of halogens is 1. The minimum atomic E-state index is -0.325. The fourth-order valence-corrected chi connectivity index (χ4v) is 4.45. The lowest BCUT2D eigenvalue weighted by Gasteiger charge is -2.17. The van der Waals surface area contributed by atoms with Gasteiger partial charge in [0.15, 0.2) is 11.0 Å². The number of carbonyl (C=O) groups excluding carboxylic acids is 1. The van der Waals surface area contributed by atoms with Gasteiger partial charge in [-0.2, -0.15) is 0 Å². The largest absolute Gasteiger partial charge is 0.353 e. The van der Waals surface area contributed by atoms with Crippen molar-refractivity contribution < 1.29 is 9.18 Å². The molecule has 1 fully saturated rings. The Hall–Kier alpha value is -2.67. The van der Waals surface area contributed by atoms with E-state index in [9.17, 15) is 9.18 Å². The molecule has 3 aromatic rings. The maximum Gasteiger partial charge on any atom is 0.233 e. The van der Waals surface area contributed by atoms with Crippen LogP contribution in [0.15, 0.2) is 59.8 Å². The fraction of sp³-hybridized carbons (Fsp3) is 0.375. The van der Waals surface area contributed by atoms with Crippen LogP contribution in [0.4, 0.5) is 4.39 Å². The first kappa shape index (κ1) is 21.6. The van der Waals surface area contributed by atoms with Gasteiger partial charge in [-0.25, -0.2) is 4.39 Å². The number of aryl methyl sites for hydroxylation is 1. The summed E-state index contributed by atoms with van der Waals surface area (Å²) in [6, 6.07) is 17.2. The Morgan fingerprint density at radius 2 is 1.84 bits per heavy atom. The van der Waals surface area contributed by atoms with Crippen molar-refractivity contribution in [2.24, 2.45) is 0 Å². The predicted molar refractivity (Wildman–Crippen MR) is 121 cm³/mol. The van der Waals surface area contributed by atoms with Gasteiger partial charge in [0.1, 0.15) is 5.82 Å². The van der Waals surface area contributed by atoms with Gasteiger partial charge >= 0.3 is 0 Å². The van der Waals surface area contributed by atoms with Gasteiger partial charge in [-0.3, -0.25) is 9.36 Å². The van der Waals surface area contributed by atoms with E-state index in [0.29, 0.717) is 16.5 Å². The topological polar surface area (TPSA) is 59.8 Å². The SMILES string of the molecule is CC(CCc1ccccc1)NC(=O)C(C)Sc1nnc(-c2ccccc2F)n1C1CC1. The number of benzene rings is 2. The number of carbonyl (C=O) groups is 1. The molecule has 1 amide bonds. The maximum atomic E-state index is 14.3. The Bertz CT molecular complexity index is 1040. The molecule has 1 aromatic heterocycles. The van der Waals surface area contributed by atoms with Crippen molar-refractivity contribution in [1.29, 1.82) is 0 Å². The highest BCUT2D eigenvalue weighted by Crippen LogP contribution is 2.42. The molecular formula is C24H27FN4OS. The lowest BCUT2D eigenvalue weighted by Crippen LogP contribution is -2.38.